The van der Waals surface area contributed by atoms with Gasteiger partial charge in [0.15, 0.2) is 6.10 Å². The molecule has 0 saturated heterocycles. The summed E-state index contributed by atoms with van der Waals surface area (Å²) in [5.74, 6) is 0.448. The summed E-state index contributed by atoms with van der Waals surface area (Å²) in [5, 5.41) is 0. The van der Waals surface area contributed by atoms with Gasteiger partial charge in [-0.2, -0.15) is 0 Å². The first-order valence-electron chi connectivity index (χ1n) is 9.48. The Morgan fingerprint density at radius 1 is 1.19 bits per heavy atom. The van der Waals surface area contributed by atoms with E-state index in [1.807, 2.05) is 62.1 Å². The number of carbonyl (C=O) groups excluding carboxylic acids is 2. The average molecular weight is 364 g/mol. The highest BCUT2D eigenvalue weighted by Gasteiger charge is 2.37. The maximum atomic E-state index is 13.2. The van der Waals surface area contributed by atoms with Gasteiger partial charge in [0.25, 0.3) is 5.91 Å². The summed E-state index contributed by atoms with van der Waals surface area (Å²) < 4.78 is 5.85. The van der Waals surface area contributed by atoms with E-state index < -0.39 is 6.10 Å². The van der Waals surface area contributed by atoms with E-state index in [9.17, 15) is 9.59 Å². The third-order valence-electron chi connectivity index (χ3n) is 5.36. The smallest absolute Gasteiger partial charge is 0.268 e. The van der Waals surface area contributed by atoms with Crippen LogP contribution >= 0.6 is 0 Å². The largest absolute Gasteiger partial charge is 0.478 e. The molecule has 0 fully saturated rings. The number of aryl methyl sites for hydroxylation is 1. The van der Waals surface area contributed by atoms with E-state index in [1.54, 1.807) is 4.90 Å². The highest BCUT2D eigenvalue weighted by atomic mass is 16.5. The predicted octanol–water partition coefficient (Wildman–Crippen LogP) is 3.48. The lowest BCUT2D eigenvalue weighted by atomic mass is 10.1. The Balaban J connectivity index is 1.66. The molecule has 2 amide bonds. The van der Waals surface area contributed by atoms with Gasteiger partial charge in [0.1, 0.15) is 12.3 Å². The molecule has 2 atom stereocenters. The molecular weight excluding hydrogens is 340 g/mol. The quantitative estimate of drug-likeness (QED) is 0.838. The maximum Gasteiger partial charge on any atom is 0.268 e. The van der Waals surface area contributed by atoms with Crippen molar-refractivity contribution in [3.05, 3.63) is 53.6 Å². The van der Waals surface area contributed by atoms with E-state index in [0.29, 0.717) is 17.9 Å². The van der Waals surface area contributed by atoms with Crippen LogP contribution in [0.4, 0.5) is 11.4 Å². The van der Waals surface area contributed by atoms with Gasteiger partial charge in [-0.1, -0.05) is 31.2 Å². The molecule has 2 aliphatic rings. The lowest BCUT2D eigenvalue weighted by Crippen LogP contribution is -2.51. The molecule has 0 N–H and O–H groups in total. The highest BCUT2D eigenvalue weighted by molar-refractivity contribution is 6.07. The van der Waals surface area contributed by atoms with Gasteiger partial charge < -0.3 is 9.64 Å². The molecule has 0 radical (unpaired) electrons. The summed E-state index contributed by atoms with van der Waals surface area (Å²) in [6.07, 6.45) is 0.864. The molecule has 4 rings (SSSR count). The minimum atomic E-state index is -0.545. The molecule has 0 unspecified atom stereocenters. The molecule has 27 heavy (non-hydrogen) atoms. The van der Waals surface area contributed by atoms with Crippen molar-refractivity contribution in [3.63, 3.8) is 0 Å². The average Bonchev–Trinajstić information content (AvgIpc) is 2.99. The van der Waals surface area contributed by atoms with Gasteiger partial charge in [-0.05, 0) is 56.0 Å². The van der Waals surface area contributed by atoms with Gasteiger partial charge in [0.05, 0.1) is 5.69 Å². The van der Waals surface area contributed by atoms with Crippen LogP contribution in [0.15, 0.2) is 42.5 Å². The fraction of sp³-hybridized carbons (Fsp3) is 0.364. The minimum Gasteiger partial charge on any atom is -0.478 e. The second-order valence-corrected chi connectivity index (χ2v) is 7.36. The molecule has 5 heteroatoms. The molecule has 0 aromatic heterocycles. The number of anilines is 2. The molecule has 2 aromatic carbocycles. The summed E-state index contributed by atoms with van der Waals surface area (Å²) in [7, 11) is 0. The van der Waals surface area contributed by atoms with Crippen molar-refractivity contribution in [2.24, 2.45) is 0 Å². The minimum absolute atomic E-state index is 0.0216. The number of nitrogens with zero attached hydrogens (tertiary/aromatic N) is 2. The van der Waals surface area contributed by atoms with Crippen LogP contribution in [-0.4, -0.2) is 30.5 Å². The number of rotatable bonds is 3. The van der Waals surface area contributed by atoms with E-state index >= 15 is 0 Å². The Labute approximate surface area is 159 Å². The van der Waals surface area contributed by atoms with Gasteiger partial charge in [0, 0.05) is 11.7 Å². The second kappa shape index (κ2) is 6.72. The van der Waals surface area contributed by atoms with E-state index in [1.165, 1.54) is 5.56 Å². The van der Waals surface area contributed by atoms with Crippen LogP contribution in [0.2, 0.25) is 0 Å². The summed E-state index contributed by atoms with van der Waals surface area (Å²) in [5.41, 5.74) is 3.83. The second-order valence-electron chi connectivity index (χ2n) is 7.36. The standard InChI is InChI=1S/C22H24N2O3/c1-4-19-22(26)23(18-11-14(2)9-10-20(18)27-19)13-21(25)24-15(3)12-16-7-5-6-8-17(16)24/h5-11,15,19H,4,12-13H2,1-3H3/t15-,19+/m1/s1. The maximum absolute atomic E-state index is 13.2. The zero-order valence-corrected chi connectivity index (χ0v) is 15.9. The van der Waals surface area contributed by atoms with Crippen molar-refractivity contribution in [1.82, 2.24) is 0 Å². The Kier molecular flexibility index (Phi) is 4.38. The van der Waals surface area contributed by atoms with Crippen LogP contribution in [0.25, 0.3) is 0 Å². The van der Waals surface area contributed by atoms with Crippen LogP contribution in [-0.2, 0) is 16.0 Å². The normalized spacial score (nSPS) is 20.9. The number of hydrogen-bond acceptors (Lipinski definition) is 3. The lowest BCUT2D eigenvalue weighted by molar-refractivity contribution is -0.128. The van der Waals surface area contributed by atoms with Crippen molar-refractivity contribution in [3.8, 4) is 5.75 Å². The molecule has 2 aliphatic heterocycles. The summed E-state index contributed by atoms with van der Waals surface area (Å²) in [6.45, 7) is 5.95. The number of fused-ring (bicyclic) bond motifs is 2. The van der Waals surface area contributed by atoms with Gasteiger partial charge >= 0.3 is 0 Å². The number of benzene rings is 2. The van der Waals surface area contributed by atoms with Crippen molar-refractivity contribution in [2.45, 2.75) is 45.8 Å². The molecule has 140 valence electrons. The summed E-state index contributed by atoms with van der Waals surface area (Å²) >= 11 is 0. The number of carbonyl (C=O) groups is 2. The number of hydrogen-bond donors (Lipinski definition) is 0. The monoisotopic (exact) mass is 364 g/mol. The van der Waals surface area contributed by atoms with Crippen molar-refractivity contribution < 1.29 is 14.3 Å². The molecule has 0 saturated carbocycles. The van der Waals surface area contributed by atoms with E-state index in [-0.39, 0.29) is 24.4 Å². The highest BCUT2D eigenvalue weighted by Crippen LogP contribution is 2.37. The Bertz CT molecular complexity index is 908. The Morgan fingerprint density at radius 3 is 2.74 bits per heavy atom. The molecule has 0 bridgehead atoms. The number of ether oxygens (including phenoxy) is 1. The van der Waals surface area contributed by atoms with Crippen LogP contribution in [0.5, 0.6) is 5.75 Å². The fourth-order valence-electron chi connectivity index (χ4n) is 4.01. The van der Waals surface area contributed by atoms with E-state index in [4.69, 9.17) is 4.74 Å². The first-order valence-corrected chi connectivity index (χ1v) is 9.48. The summed E-state index contributed by atoms with van der Waals surface area (Å²) in [4.78, 5) is 29.6. The zero-order valence-electron chi connectivity index (χ0n) is 15.9. The number of para-hydroxylation sites is 1. The fourth-order valence-corrected chi connectivity index (χ4v) is 4.01. The van der Waals surface area contributed by atoms with Gasteiger partial charge in [0.2, 0.25) is 5.91 Å². The van der Waals surface area contributed by atoms with Crippen molar-refractivity contribution in [1.29, 1.82) is 0 Å². The van der Waals surface area contributed by atoms with Crippen molar-refractivity contribution in [2.75, 3.05) is 16.3 Å². The third-order valence-corrected chi connectivity index (χ3v) is 5.36. The molecule has 5 nitrogen and oxygen atoms in total. The molecular formula is C22H24N2O3. The lowest BCUT2D eigenvalue weighted by Gasteiger charge is -2.35. The van der Waals surface area contributed by atoms with Crippen LogP contribution in [0.3, 0.4) is 0 Å². The van der Waals surface area contributed by atoms with E-state index in [0.717, 1.165) is 17.7 Å². The topological polar surface area (TPSA) is 49.9 Å². The SMILES string of the molecule is CC[C@@H]1Oc2ccc(C)cc2N(CC(=O)N2c3ccccc3C[C@H]2C)C1=O. The first-order chi connectivity index (χ1) is 13.0. The molecule has 2 aromatic rings. The van der Waals surface area contributed by atoms with Crippen LogP contribution in [0.1, 0.15) is 31.4 Å². The predicted molar refractivity (Wildman–Crippen MR) is 105 cm³/mol. The molecule has 0 spiro atoms. The molecule has 0 aliphatic carbocycles. The zero-order chi connectivity index (χ0) is 19.1. The number of amides is 2. The van der Waals surface area contributed by atoms with Gasteiger partial charge in [-0.15, -0.1) is 0 Å². The van der Waals surface area contributed by atoms with Crippen LogP contribution < -0.4 is 14.5 Å². The molecule has 2 heterocycles. The Morgan fingerprint density at radius 2 is 1.96 bits per heavy atom. The Hall–Kier alpha value is -2.82. The first kappa shape index (κ1) is 17.6. The van der Waals surface area contributed by atoms with E-state index in [2.05, 4.69) is 6.07 Å². The van der Waals surface area contributed by atoms with Gasteiger partial charge in [-0.25, -0.2) is 0 Å². The van der Waals surface area contributed by atoms with Gasteiger partial charge in [-0.3, -0.25) is 14.5 Å². The third kappa shape index (κ3) is 2.97. The van der Waals surface area contributed by atoms with Crippen molar-refractivity contribution >= 4 is 23.2 Å². The summed E-state index contributed by atoms with van der Waals surface area (Å²) in [6, 6.07) is 13.8. The van der Waals surface area contributed by atoms with Crippen LogP contribution in [0, 0.1) is 6.92 Å².